The first-order chi connectivity index (χ1) is 14.8. The molecule has 35 heavy (non-hydrogen) atoms. The molecule has 2 saturated heterocycles. The van der Waals surface area contributed by atoms with E-state index in [-0.39, 0.29) is 154 Å². The molecule has 6 unspecified atom stereocenters. The number of carbonyl (C=O) groups is 6. The van der Waals surface area contributed by atoms with Crippen LogP contribution in [-0.4, -0.2) is 115 Å². The molecule has 178 valence electrons. The number of carbonyl (C=O) groups excluding carboxylic acids is 3. The van der Waals surface area contributed by atoms with Gasteiger partial charge in [-0.05, 0) is 0 Å². The quantitative estimate of drug-likeness (QED) is 0.164. The Balaban J connectivity index is 0. The summed E-state index contributed by atoms with van der Waals surface area (Å²) in [5, 5.41) is 53.4. The van der Waals surface area contributed by atoms with E-state index in [4.69, 9.17) is 0 Å². The van der Waals surface area contributed by atoms with E-state index in [1.54, 1.807) is 0 Å². The van der Waals surface area contributed by atoms with Crippen LogP contribution in [0.4, 0.5) is 0 Å². The predicted octanol–water partition coefficient (Wildman–Crippen LogP) is -12.9. The number of hydrogen-bond acceptors (Lipinski definition) is 15. The second kappa shape index (κ2) is 20.4. The molecular formula is C12H9K3O12S6Sb2. The van der Waals surface area contributed by atoms with Crippen molar-refractivity contribution < 1.29 is 214 Å². The summed E-state index contributed by atoms with van der Waals surface area (Å²) in [4.78, 5) is 68.6. The van der Waals surface area contributed by atoms with E-state index < -0.39 is 99.3 Å². The van der Waals surface area contributed by atoms with Crippen molar-refractivity contribution in [3.63, 3.8) is 0 Å². The summed E-state index contributed by atoms with van der Waals surface area (Å²) in [5.74, 6) is -9.30. The van der Waals surface area contributed by atoms with Gasteiger partial charge >= 0.3 is 366 Å². The Morgan fingerprint density at radius 2 is 0.943 bits per heavy atom. The van der Waals surface area contributed by atoms with Crippen LogP contribution >= 0.6 is 53.1 Å². The molecule has 2 rings (SSSR count). The van der Waals surface area contributed by atoms with E-state index >= 15 is 0 Å². The van der Waals surface area contributed by atoms with Gasteiger partial charge in [0.05, 0.1) is 0 Å². The SMILES string of the molecule is O=C([O-])C1[S][Sb]([S]C(C(=O)[O-])C([S][Sb]2[S]C(C(=O)[O-])C(C(=O)O)[S]2)C(=O)O)[S]C1C(=O)O.[K+].[K+].[K+]. The van der Waals surface area contributed by atoms with Crippen molar-refractivity contribution in [2.75, 3.05) is 0 Å². The fourth-order valence-corrected chi connectivity index (χ4v) is 62.0. The van der Waals surface area contributed by atoms with Gasteiger partial charge in [-0.2, -0.15) is 0 Å². The maximum Gasteiger partial charge on any atom is 1.00 e. The van der Waals surface area contributed by atoms with Gasteiger partial charge in [-0.1, -0.05) is 0 Å². The molecule has 0 aliphatic carbocycles. The molecule has 0 radical (unpaired) electrons. The van der Waals surface area contributed by atoms with Crippen LogP contribution in [0.15, 0.2) is 0 Å². The van der Waals surface area contributed by atoms with Crippen molar-refractivity contribution in [1.82, 2.24) is 0 Å². The molecule has 12 nitrogen and oxygen atoms in total. The summed E-state index contributed by atoms with van der Waals surface area (Å²) in [5.41, 5.74) is 0. The minimum atomic E-state index is -3.08. The van der Waals surface area contributed by atoms with E-state index in [9.17, 15) is 59.4 Å². The van der Waals surface area contributed by atoms with Crippen molar-refractivity contribution in [3.05, 3.63) is 0 Å². The number of rotatable bonds is 11. The van der Waals surface area contributed by atoms with Crippen LogP contribution in [0.3, 0.4) is 0 Å². The molecule has 6 atom stereocenters. The summed E-state index contributed by atoms with van der Waals surface area (Å²) in [6.45, 7) is 0. The fraction of sp³-hybridized carbons (Fsp3) is 0.500. The smallest absolute Gasteiger partial charge is 1.00 e. The van der Waals surface area contributed by atoms with Crippen LogP contribution in [0.2, 0.25) is 0 Å². The Morgan fingerprint density at radius 1 is 0.629 bits per heavy atom. The largest absolute Gasteiger partial charge is 1.00 e. The predicted molar refractivity (Wildman–Crippen MR) is 118 cm³/mol. The van der Waals surface area contributed by atoms with Crippen molar-refractivity contribution >= 4 is 121 Å². The Morgan fingerprint density at radius 3 is 1.17 bits per heavy atom. The third-order valence-corrected chi connectivity index (χ3v) is 50.5. The van der Waals surface area contributed by atoms with E-state index in [0.717, 1.165) is 35.4 Å². The van der Waals surface area contributed by atoms with Gasteiger partial charge in [-0.15, -0.1) is 0 Å². The van der Waals surface area contributed by atoms with Crippen LogP contribution in [0, 0.1) is 0 Å². The summed E-state index contributed by atoms with van der Waals surface area (Å²) in [7, 11) is 4.65. The Bertz CT molecular complexity index is 735. The molecule has 0 saturated carbocycles. The molecule has 3 N–H and O–H groups in total. The maximum absolute atomic E-state index is 11.8. The van der Waals surface area contributed by atoms with E-state index in [1.165, 1.54) is 0 Å². The second-order valence-corrected chi connectivity index (χ2v) is 47.3. The third-order valence-electron chi connectivity index (χ3n) is 3.45. The number of carboxylic acids is 6. The van der Waals surface area contributed by atoms with Crippen LogP contribution in [-0.2, 0) is 28.8 Å². The molecule has 2 fully saturated rings. The minimum Gasteiger partial charge on any atom is 1.00 e. The molecule has 0 amide bonds. The van der Waals surface area contributed by atoms with Crippen molar-refractivity contribution in [1.29, 1.82) is 0 Å². The average Bonchev–Trinajstić information content (AvgIpc) is 3.29. The standard InChI is InChI=1S/3C4H6O4S2.3K.2Sb/c3*5-3(6)1(9)2(10)4(7)8;;;;;/h3*1-2,9-10H,(H,5,6)(H,7,8);;;;;/q;;;3*+1;2*+3/p-9. The molecule has 0 spiro atoms. The van der Waals surface area contributed by atoms with Crippen LogP contribution in [0.25, 0.3) is 0 Å². The van der Waals surface area contributed by atoms with Gasteiger partial charge < -0.3 is 0 Å². The molecule has 0 bridgehead atoms. The van der Waals surface area contributed by atoms with Crippen molar-refractivity contribution in [2.45, 2.75) is 31.5 Å². The first kappa shape index (κ1) is 42.6. The van der Waals surface area contributed by atoms with Crippen molar-refractivity contribution in [2.24, 2.45) is 0 Å². The Hall–Kier alpha value is 5.47. The summed E-state index contributed by atoms with van der Waals surface area (Å²) >= 11 is -6.14. The van der Waals surface area contributed by atoms with Crippen LogP contribution in [0.5, 0.6) is 0 Å². The van der Waals surface area contributed by atoms with E-state index in [2.05, 4.69) is 0 Å². The van der Waals surface area contributed by atoms with Crippen molar-refractivity contribution in [3.8, 4) is 0 Å². The fourth-order valence-electron chi connectivity index (χ4n) is 2.06. The molecule has 0 aromatic rings. The first-order valence-corrected chi connectivity index (χ1v) is 31.5. The van der Waals surface area contributed by atoms with Gasteiger partial charge in [0.15, 0.2) is 0 Å². The molecule has 0 aromatic carbocycles. The molecule has 2 heterocycles. The molecule has 0 aromatic heterocycles. The topological polar surface area (TPSA) is 232 Å². The van der Waals surface area contributed by atoms with E-state index in [0.29, 0.717) is 17.7 Å². The molecule has 2 aliphatic heterocycles. The summed E-state index contributed by atoms with van der Waals surface area (Å²) < 4.78 is 0. The van der Waals surface area contributed by atoms with Gasteiger partial charge in [0.2, 0.25) is 0 Å². The van der Waals surface area contributed by atoms with Gasteiger partial charge in [0, 0.05) is 0 Å². The number of aliphatic carboxylic acids is 6. The Labute approximate surface area is 356 Å². The zero-order chi connectivity index (χ0) is 24.3. The zero-order valence-electron chi connectivity index (χ0n) is 17.8. The Kier molecular flexibility index (Phi) is 24.9. The maximum atomic E-state index is 11.8. The number of hydrogen-bond donors (Lipinski definition) is 3. The number of carboxylic acid groups (broad SMARTS) is 6. The summed E-state index contributed by atoms with van der Waals surface area (Å²) in [6.07, 6.45) is 0. The minimum absolute atomic E-state index is 0. The zero-order valence-corrected chi connectivity index (χ0v) is 37.2. The molecule has 2 aliphatic rings. The van der Waals surface area contributed by atoms with Gasteiger partial charge in [-0.3, -0.25) is 0 Å². The van der Waals surface area contributed by atoms with Gasteiger partial charge in [-0.25, -0.2) is 0 Å². The molecule has 23 heteroatoms. The van der Waals surface area contributed by atoms with Gasteiger partial charge in [0.1, 0.15) is 0 Å². The summed E-state index contributed by atoms with van der Waals surface area (Å²) in [6, 6.07) is 0. The van der Waals surface area contributed by atoms with Crippen LogP contribution < -0.4 is 169 Å². The average molecular weight is 898 g/mol. The monoisotopic (exact) mass is 896 g/mol. The third kappa shape index (κ3) is 12.9. The molecular weight excluding hydrogens is 889 g/mol. The normalized spacial score (nSPS) is 25.7. The van der Waals surface area contributed by atoms with E-state index in [1.807, 2.05) is 0 Å². The van der Waals surface area contributed by atoms with Crippen LogP contribution in [0.1, 0.15) is 0 Å². The second-order valence-electron chi connectivity index (χ2n) is 5.58. The van der Waals surface area contributed by atoms with Gasteiger partial charge in [0.25, 0.3) is 0 Å². The first-order valence-electron chi connectivity index (χ1n) is 7.75.